The molecule has 23 heavy (non-hydrogen) atoms. The van der Waals surface area contributed by atoms with Gasteiger partial charge in [-0.2, -0.15) is 0 Å². The molecule has 0 spiro atoms. The molecular formula is C16H23BN2O4. The fourth-order valence-electron chi connectivity index (χ4n) is 2.66. The third kappa shape index (κ3) is 5.37. The second-order valence-corrected chi connectivity index (χ2v) is 6.01. The highest BCUT2D eigenvalue weighted by Crippen LogP contribution is 2.10. The van der Waals surface area contributed by atoms with Gasteiger partial charge in [-0.15, -0.1) is 0 Å². The van der Waals surface area contributed by atoms with Gasteiger partial charge in [-0.1, -0.05) is 29.8 Å². The predicted molar refractivity (Wildman–Crippen MR) is 87.4 cm³/mol. The SMILES string of the molecule is Cc1ccc(CC(NC(=O)CCN2CCCC2=O)B(O)O)cc1. The van der Waals surface area contributed by atoms with Crippen LogP contribution in [0.2, 0.25) is 0 Å². The van der Waals surface area contributed by atoms with Crippen LogP contribution in [0.1, 0.15) is 30.4 Å². The molecule has 1 aromatic carbocycles. The Morgan fingerprint density at radius 1 is 1.35 bits per heavy atom. The van der Waals surface area contributed by atoms with Crippen molar-refractivity contribution in [3.8, 4) is 0 Å². The first kappa shape index (κ1) is 17.5. The van der Waals surface area contributed by atoms with E-state index in [4.69, 9.17) is 0 Å². The van der Waals surface area contributed by atoms with Crippen LogP contribution >= 0.6 is 0 Å². The molecule has 0 aromatic heterocycles. The number of carbonyl (C=O) groups is 2. The smallest absolute Gasteiger partial charge is 0.426 e. The van der Waals surface area contributed by atoms with Gasteiger partial charge in [0.2, 0.25) is 11.8 Å². The minimum atomic E-state index is -1.63. The Bertz CT molecular complexity index is 548. The van der Waals surface area contributed by atoms with Gasteiger partial charge in [0.05, 0.1) is 5.94 Å². The van der Waals surface area contributed by atoms with Gasteiger partial charge in [-0.25, -0.2) is 0 Å². The number of nitrogens with one attached hydrogen (secondary N) is 1. The molecule has 3 N–H and O–H groups in total. The number of hydrogen-bond acceptors (Lipinski definition) is 4. The summed E-state index contributed by atoms with van der Waals surface area (Å²) in [5.41, 5.74) is 2.04. The summed E-state index contributed by atoms with van der Waals surface area (Å²) in [5, 5.41) is 21.6. The third-order valence-electron chi connectivity index (χ3n) is 4.06. The average molecular weight is 318 g/mol. The van der Waals surface area contributed by atoms with Gasteiger partial charge >= 0.3 is 7.12 Å². The van der Waals surface area contributed by atoms with Crippen LogP contribution in [-0.2, 0) is 16.0 Å². The predicted octanol–water partition coefficient (Wildman–Crippen LogP) is 0.0468. The van der Waals surface area contributed by atoms with Crippen molar-refractivity contribution in [1.29, 1.82) is 0 Å². The van der Waals surface area contributed by atoms with Crippen molar-refractivity contribution in [3.05, 3.63) is 35.4 Å². The van der Waals surface area contributed by atoms with E-state index in [1.807, 2.05) is 31.2 Å². The lowest BCUT2D eigenvalue weighted by Gasteiger charge is -2.20. The number of carbonyl (C=O) groups excluding carboxylic acids is 2. The molecule has 2 amide bonds. The van der Waals surface area contributed by atoms with Gasteiger partial charge in [-0.05, 0) is 25.3 Å². The number of amides is 2. The molecule has 1 atom stereocenters. The normalized spacial score (nSPS) is 15.6. The topological polar surface area (TPSA) is 89.9 Å². The summed E-state index contributed by atoms with van der Waals surface area (Å²) in [7, 11) is -1.63. The third-order valence-corrected chi connectivity index (χ3v) is 4.06. The van der Waals surface area contributed by atoms with E-state index in [-0.39, 0.29) is 18.2 Å². The summed E-state index contributed by atoms with van der Waals surface area (Å²) in [4.78, 5) is 25.2. The monoisotopic (exact) mass is 318 g/mol. The molecular weight excluding hydrogens is 295 g/mol. The Kier molecular flexibility index (Phi) is 6.18. The molecule has 0 aliphatic carbocycles. The minimum absolute atomic E-state index is 0.0798. The van der Waals surface area contributed by atoms with Crippen LogP contribution in [0.3, 0.4) is 0 Å². The zero-order chi connectivity index (χ0) is 16.8. The lowest BCUT2D eigenvalue weighted by molar-refractivity contribution is -0.128. The Labute approximate surface area is 136 Å². The van der Waals surface area contributed by atoms with Crippen LogP contribution in [0.5, 0.6) is 0 Å². The molecule has 1 unspecified atom stereocenters. The number of aryl methyl sites for hydroxylation is 1. The van der Waals surface area contributed by atoms with E-state index in [1.54, 1.807) is 4.90 Å². The van der Waals surface area contributed by atoms with Crippen LogP contribution < -0.4 is 5.32 Å². The largest absolute Gasteiger partial charge is 0.475 e. The maximum atomic E-state index is 12.0. The number of hydrogen-bond donors (Lipinski definition) is 3. The fraction of sp³-hybridized carbons (Fsp3) is 0.500. The van der Waals surface area contributed by atoms with Crippen LogP contribution in [0.25, 0.3) is 0 Å². The molecule has 0 bridgehead atoms. The lowest BCUT2D eigenvalue weighted by atomic mass is 9.76. The van der Waals surface area contributed by atoms with Crippen molar-refractivity contribution in [2.24, 2.45) is 0 Å². The highest BCUT2D eigenvalue weighted by Gasteiger charge is 2.26. The van der Waals surface area contributed by atoms with Crippen molar-refractivity contribution in [2.75, 3.05) is 13.1 Å². The van der Waals surface area contributed by atoms with Crippen LogP contribution in [0, 0.1) is 6.92 Å². The zero-order valence-corrected chi connectivity index (χ0v) is 13.4. The van der Waals surface area contributed by atoms with E-state index in [1.165, 1.54) is 0 Å². The van der Waals surface area contributed by atoms with E-state index in [0.29, 0.717) is 25.9 Å². The highest BCUT2D eigenvalue weighted by atomic mass is 16.4. The molecule has 0 radical (unpaired) electrons. The van der Waals surface area contributed by atoms with E-state index >= 15 is 0 Å². The summed E-state index contributed by atoms with van der Waals surface area (Å²) in [6, 6.07) is 7.69. The molecule has 6 nitrogen and oxygen atoms in total. The second kappa shape index (κ2) is 8.13. The number of nitrogens with zero attached hydrogens (tertiary/aromatic N) is 1. The van der Waals surface area contributed by atoms with Gasteiger partial charge in [0, 0.05) is 25.9 Å². The van der Waals surface area contributed by atoms with Gasteiger partial charge < -0.3 is 20.3 Å². The highest BCUT2D eigenvalue weighted by molar-refractivity contribution is 6.43. The molecule has 7 heteroatoms. The summed E-state index contributed by atoms with van der Waals surface area (Å²) >= 11 is 0. The van der Waals surface area contributed by atoms with Crippen LogP contribution in [-0.4, -0.2) is 52.9 Å². The van der Waals surface area contributed by atoms with Gasteiger partial charge in [0.15, 0.2) is 0 Å². The standard InChI is InChI=1S/C16H23BN2O4/c1-12-4-6-13(7-5-12)11-14(17(22)23)18-15(20)8-10-19-9-2-3-16(19)21/h4-7,14,22-23H,2-3,8-11H2,1H3,(H,18,20). The van der Waals surface area contributed by atoms with Crippen molar-refractivity contribution in [3.63, 3.8) is 0 Å². The Morgan fingerprint density at radius 3 is 2.61 bits per heavy atom. The number of rotatable bonds is 7. The maximum absolute atomic E-state index is 12.0. The van der Waals surface area contributed by atoms with Crippen molar-refractivity contribution >= 4 is 18.9 Å². The summed E-state index contributed by atoms with van der Waals surface area (Å²) in [6.45, 7) is 3.05. The van der Waals surface area contributed by atoms with Gasteiger partial charge in [0.25, 0.3) is 0 Å². The van der Waals surface area contributed by atoms with Crippen molar-refractivity contribution in [2.45, 2.75) is 38.5 Å². The van der Waals surface area contributed by atoms with Crippen molar-refractivity contribution < 1.29 is 19.6 Å². The summed E-state index contributed by atoms with van der Waals surface area (Å²) in [5.74, 6) is -0.967. The quantitative estimate of drug-likeness (QED) is 0.620. The molecule has 1 fully saturated rings. The minimum Gasteiger partial charge on any atom is -0.426 e. The Morgan fingerprint density at radius 2 is 2.04 bits per heavy atom. The molecule has 1 aliphatic heterocycles. The second-order valence-electron chi connectivity index (χ2n) is 6.01. The molecule has 1 aromatic rings. The zero-order valence-electron chi connectivity index (χ0n) is 13.4. The molecule has 1 aliphatic rings. The van der Waals surface area contributed by atoms with Crippen molar-refractivity contribution in [1.82, 2.24) is 10.2 Å². The number of benzene rings is 1. The molecule has 2 rings (SSSR count). The molecule has 1 heterocycles. The van der Waals surface area contributed by atoms with Crippen LogP contribution in [0.15, 0.2) is 24.3 Å². The first-order valence-electron chi connectivity index (χ1n) is 7.94. The first-order chi connectivity index (χ1) is 11.0. The van der Waals surface area contributed by atoms with E-state index in [9.17, 15) is 19.6 Å². The fourth-order valence-corrected chi connectivity index (χ4v) is 2.66. The Balaban J connectivity index is 1.84. The van der Waals surface area contributed by atoms with E-state index in [0.717, 1.165) is 17.5 Å². The molecule has 1 saturated heterocycles. The number of likely N-dealkylation sites (tertiary alicyclic amines) is 1. The van der Waals surface area contributed by atoms with Crippen LogP contribution in [0.4, 0.5) is 0 Å². The lowest BCUT2D eigenvalue weighted by Crippen LogP contribution is -2.48. The van der Waals surface area contributed by atoms with Gasteiger partial charge in [-0.3, -0.25) is 9.59 Å². The van der Waals surface area contributed by atoms with E-state index < -0.39 is 13.1 Å². The molecule has 124 valence electrons. The van der Waals surface area contributed by atoms with Gasteiger partial charge in [0.1, 0.15) is 0 Å². The first-order valence-corrected chi connectivity index (χ1v) is 7.94. The van der Waals surface area contributed by atoms with E-state index in [2.05, 4.69) is 5.32 Å². The maximum Gasteiger partial charge on any atom is 0.475 e. The average Bonchev–Trinajstić information content (AvgIpc) is 2.92. The summed E-state index contributed by atoms with van der Waals surface area (Å²) < 4.78 is 0. The summed E-state index contributed by atoms with van der Waals surface area (Å²) in [6.07, 6.45) is 1.90. The molecule has 0 saturated carbocycles. The Hall–Kier alpha value is -1.86.